The van der Waals surface area contributed by atoms with Gasteiger partial charge in [0.2, 0.25) is 5.24 Å². The molecule has 1 aromatic carbocycles. The van der Waals surface area contributed by atoms with E-state index in [2.05, 4.69) is 0 Å². The molecule has 17 heavy (non-hydrogen) atoms. The van der Waals surface area contributed by atoms with Gasteiger partial charge in [-0.25, -0.2) is 0 Å². The fourth-order valence-corrected chi connectivity index (χ4v) is 1.33. The molecule has 0 unspecified atom stereocenters. The van der Waals surface area contributed by atoms with Gasteiger partial charge in [0.1, 0.15) is 11.5 Å². The van der Waals surface area contributed by atoms with Crippen LogP contribution in [-0.4, -0.2) is 19.5 Å². The average Bonchev–Trinajstić information content (AvgIpc) is 2.34. The Morgan fingerprint density at radius 1 is 1.24 bits per heavy atom. The molecule has 1 aromatic rings. The van der Waals surface area contributed by atoms with Gasteiger partial charge in [-0.1, -0.05) is 18.2 Å². The zero-order valence-electron chi connectivity index (χ0n) is 9.64. The molecule has 0 amide bonds. The second kappa shape index (κ2) is 6.76. The molecule has 0 bridgehead atoms. The van der Waals surface area contributed by atoms with Crippen LogP contribution in [0.5, 0.6) is 11.5 Å². The fourth-order valence-electron chi connectivity index (χ4n) is 1.26. The number of hydrogen-bond acceptors (Lipinski definition) is 3. The van der Waals surface area contributed by atoms with Crippen molar-refractivity contribution in [2.45, 2.75) is 0 Å². The minimum atomic E-state index is -0.507. The summed E-state index contributed by atoms with van der Waals surface area (Å²) in [7, 11) is 3.19. The Morgan fingerprint density at radius 3 is 2.59 bits per heavy atom. The van der Waals surface area contributed by atoms with Gasteiger partial charge in [0, 0.05) is 5.56 Å². The smallest absolute Gasteiger partial charge is 0.245 e. The van der Waals surface area contributed by atoms with Crippen LogP contribution in [-0.2, 0) is 4.79 Å². The van der Waals surface area contributed by atoms with Crippen LogP contribution in [0.2, 0.25) is 0 Å². The highest BCUT2D eigenvalue weighted by atomic mass is 35.5. The molecular weight excluding hydrogens is 240 g/mol. The van der Waals surface area contributed by atoms with Gasteiger partial charge in [-0.05, 0) is 35.9 Å². The first-order valence-electron chi connectivity index (χ1n) is 4.93. The number of carbonyl (C=O) groups is 1. The van der Waals surface area contributed by atoms with Crippen LogP contribution in [0, 0.1) is 0 Å². The van der Waals surface area contributed by atoms with Gasteiger partial charge in [0.15, 0.2) is 0 Å². The molecule has 0 aliphatic heterocycles. The minimum Gasteiger partial charge on any atom is -0.497 e. The predicted molar refractivity (Wildman–Crippen MR) is 68.6 cm³/mol. The first-order chi connectivity index (χ1) is 8.17. The van der Waals surface area contributed by atoms with Crippen molar-refractivity contribution in [2.75, 3.05) is 14.2 Å². The molecule has 4 heteroatoms. The SMILES string of the molecule is COc1ccc(OC)c(C=CC=CC(=O)Cl)c1. The third-order valence-electron chi connectivity index (χ3n) is 2.05. The Labute approximate surface area is 105 Å². The topological polar surface area (TPSA) is 35.5 Å². The number of benzene rings is 1. The van der Waals surface area contributed by atoms with Crippen molar-refractivity contribution < 1.29 is 14.3 Å². The van der Waals surface area contributed by atoms with Crippen LogP contribution >= 0.6 is 11.6 Å². The lowest BCUT2D eigenvalue weighted by Gasteiger charge is -2.06. The molecule has 0 fully saturated rings. The molecule has 0 aliphatic carbocycles. The number of hydrogen-bond donors (Lipinski definition) is 0. The second-order valence-electron chi connectivity index (χ2n) is 3.13. The number of carbonyl (C=O) groups excluding carboxylic acids is 1. The van der Waals surface area contributed by atoms with Crippen LogP contribution < -0.4 is 9.47 Å². The summed E-state index contributed by atoms with van der Waals surface area (Å²) in [5.74, 6) is 1.47. The number of halogens is 1. The maximum atomic E-state index is 10.5. The Morgan fingerprint density at radius 2 is 2.00 bits per heavy atom. The van der Waals surface area contributed by atoms with Crippen molar-refractivity contribution in [2.24, 2.45) is 0 Å². The standard InChI is InChI=1S/C13H13ClO3/c1-16-11-7-8-12(17-2)10(9-11)5-3-4-6-13(14)15/h3-9H,1-2H3. The summed E-state index contributed by atoms with van der Waals surface area (Å²) in [6.45, 7) is 0. The van der Waals surface area contributed by atoms with Crippen molar-refractivity contribution in [1.29, 1.82) is 0 Å². The summed E-state index contributed by atoms with van der Waals surface area (Å²) in [6, 6.07) is 5.47. The highest BCUT2D eigenvalue weighted by Gasteiger charge is 2.00. The van der Waals surface area contributed by atoms with E-state index in [9.17, 15) is 4.79 Å². The van der Waals surface area contributed by atoms with Crippen molar-refractivity contribution in [3.63, 3.8) is 0 Å². The molecule has 0 radical (unpaired) electrons. The van der Waals surface area contributed by atoms with Gasteiger partial charge < -0.3 is 9.47 Å². The van der Waals surface area contributed by atoms with E-state index in [0.29, 0.717) is 0 Å². The van der Waals surface area contributed by atoms with Crippen LogP contribution in [0.15, 0.2) is 36.4 Å². The monoisotopic (exact) mass is 252 g/mol. The molecule has 0 saturated heterocycles. The van der Waals surface area contributed by atoms with E-state index >= 15 is 0 Å². The van der Waals surface area contributed by atoms with E-state index in [4.69, 9.17) is 21.1 Å². The summed E-state index contributed by atoms with van der Waals surface area (Å²) < 4.78 is 10.3. The molecule has 0 N–H and O–H groups in total. The van der Waals surface area contributed by atoms with Gasteiger partial charge in [0.25, 0.3) is 0 Å². The lowest BCUT2D eigenvalue weighted by molar-refractivity contribution is -0.107. The molecule has 3 nitrogen and oxygen atoms in total. The summed E-state index contributed by atoms with van der Waals surface area (Å²) in [5, 5.41) is -0.507. The maximum absolute atomic E-state index is 10.5. The van der Waals surface area contributed by atoms with Gasteiger partial charge in [-0.3, -0.25) is 4.79 Å². The number of allylic oxidation sites excluding steroid dienone is 3. The highest BCUT2D eigenvalue weighted by molar-refractivity contribution is 6.66. The Bertz CT molecular complexity index is 450. The second-order valence-corrected chi connectivity index (χ2v) is 3.50. The van der Waals surface area contributed by atoms with E-state index in [0.717, 1.165) is 17.1 Å². The maximum Gasteiger partial charge on any atom is 0.245 e. The molecule has 0 aromatic heterocycles. The quantitative estimate of drug-likeness (QED) is 0.459. The highest BCUT2D eigenvalue weighted by Crippen LogP contribution is 2.24. The molecule has 1 rings (SSSR count). The first kappa shape index (κ1) is 13.3. The van der Waals surface area contributed by atoms with Gasteiger partial charge in [-0.2, -0.15) is 0 Å². The summed E-state index contributed by atoms with van der Waals surface area (Å²) in [6.07, 6.45) is 6.34. The molecular formula is C13H13ClO3. The number of ether oxygens (including phenoxy) is 2. The fraction of sp³-hybridized carbons (Fsp3) is 0.154. The van der Waals surface area contributed by atoms with Gasteiger partial charge in [0.05, 0.1) is 14.2 Å². The van der Waals surface area contributed by atoms with Crippen LogP contribution in [0.4, 0.5) is 0 Å². The Balaban J connectivity index is 2.91. The predicted octanol–water partition coefficient (Wildman–Crippen LogP) is 3.04. The van der Waals surface area contributed by atoms with Gasteiger partial charge in [-0.15, -0.1) is 0 Å². The van der Waals surface area contributed by atoms with E-state index in [1.54, 1.807) is 32.4 Å². The Kier molecular flexibility index (Phi) is 5.30. The molecule has 0 spiro atoms. The summed E-state index contributed by atoms with van der Waals surface area (Å²) >= 11 is 5.16. The summed E-state index contributed by atoms with van der Waals surface area (Å²) in [5.41, 5.74) is 0.860. The van der Waals surface area contributed by atoms with Gasteiger partial charge >= 0.3 is 0 Å². The lowest BCUT2D eigenvalue weighted by atomic mass is 10.1. The lowest BCUT2D eigenvalue weighted by Crippen LogP contribution is -1.89. The van der Waals surface area contributed by atoms with E-state index in [-0.39, 0.29) is 0 Å². The third-order valence-corrected chi connectivity index (χ3v) is 2.18. The zero-order valence-corrected chi connectivity index (χ0v) is 10.4. The molecule has 0 atom stereocenters. The normalized spacial score (nSPS) is 11.0. The first-order valence-corrected chi connectivity index (χ1v) is 5.31. The van der Waals surface area contributed by atoms with Crippen molar-refractivity contribution in [3.8, 4) is 11.5 Å². The summed E-state index contributed by atoms with van der Waals surface area (Å²) in [4.78, 5) is 10.5. The average molecular weight is 253 g/mol. The molecule has 0 aliphatic rings. The molecule has 0 heterocycles. The zero-order chi connectivity index (χ0) is 12.7. The van der Waals surface area contributed by atoms with Crippen LogP contribution in [0.3, 0.4) is 0 Å². The number of methoxy groups -OCH3 is 2. The van der Waals surface area contributed by atoms with E-state index in [1.165, 1.54) is 6.08 Å². The van der Waals surface area contributed by atoms with Crippen LogP contribution in [0.25, 0.3) is 6.08 Å². The van der Waals surface area contributed by atoms with Crippen molar-refractivity contribution in [3.05, 3.63) is 42.0 Å². The molecule has 0 saturated carbocycles. The Hall–Kier alpha value is -1.74. The van der Waals surface area contributed by atoms with Crippen molar-refractivity contribution in [1.82, 2.24) is 0 Å². The largest absolute Gasteiger partial charge is 0.497 e. The van der Waals surface area contributed by atoms with Crippen LogP contribution in [0.1, 0.15) is 5.56 Å². The molecule has 90 valence electrons. The van der Waals surface area contributed by atoms with Crippen molar-refractivity contribution >= 4 is 22.9 Å². The van der Waals surface area contributed by atoms with E-state index < -0.39 is 5.24 Å². The third kappa shape index (κ3) is 4.33. The van der Waals surface area contributed by atoms with E-state index in [1.807, 2.05) is 18.2 Å². The number of rotatable bonds is 5. The minimum absolute atomic E-state index is 0.507.